The number of nitrogens with one attached hydrogen (secondary N) is 2. The van der Waals surface area contributed by atoms with Gasteiger partial charge in [-0.25, -0.2) is 9.78 Å². The second kappa shape index (κ2) is 7.59. The highest BCUT2D eigenvalue weighted by Crippen LogP contribution is 2.20. The Morgan fingerprint density at radius 3 is 2.75 bits per heavy atom. The Hall–Kier alpha value is -1.14. The molecule has 0 aliphatic rings. The lowest BCUT2D eigenvalue weighted by Gasteiger charge is -2.26. The number of nitrogens with zero attached hydrogens (tertiary/aromatic N) is 1. The zero-order valence-electron chi connectivity index (χ0n) is 12.7. The number of carbonyl (C=O) groups is 1. The van der Waals surface area contributed by atoms with E-state index in [0.717, 1.165) is 17.1 Å². The highest BCUT2D eigenvalue weighted by atomic mass is 32.1. The maximum atomic E-state index is 11.7. The zero-order chi connectivity index (χ0) is 15.2. The molecule has 114 valence electrons. The molecule has 0 radical (unpaired) electrons. The van der Waals surface area contributed by atoms with E-state index in [9.17, 15) is 9.90 Å². The molecule has 0 fully saturated rings. The molecular weight excluding hydrogens is 274 g/mol. The Morgan fingerprint density at radius 1 is 1.50 bits per heavy atom. The smallest absolute Gasteiger partial charge is 0.315 e. The summed E-state index contributed by atoms with van der Waals surface area (Å²) >= 11 is 1.62. The molecule has 1 unspecified atom stereocenters. The summed E-state index contributed by atoms with van der Waals surface area (Å²) in [6.45, 7) is 8.84. The van der Waals surface area contributed by atoms with Crippen LogP contribution in [0, 0.1) is 5.41 Å². The molecule has 1 aromatic heterocycles. The van der Waals surface area contributed by atoms with Crippen LogP contribution in [-0.4, -0.2) is 28.8 Å². The minimum atomic E-state index is -0.364. The first-order valence-corrected chi connectivity index (χ1v) is 7.83. The predicted octanol–water partition coefficient (Wildman–Crippen LogP) is 2.30. The average Bonchev–Trinajstić information content (AvgIpc) is 2.80. The molecule has 0 spiro atoms. The van der Waals surface area contributed by atoms with Crippen molar-refractivity contribution < 1.29 is 9.90 Å². The second-order valence-electron chi connectivity index (χ2n) is 5.84. The number of aliphatic hydroxyl groups is 1. The van der Waals surface area contributed by atoms with E-state index in [1.165, 1.54) is 0 Å². The molecule has 20 heavy (non-hydrogen) atoms. The van der Waals surface area contributed by atoms with E-state index in [2.05, 4.69) is 22.5 Å². The fourth-order valence-corrected chi connectivity index (χ4v) is 2.76. The van der Waals surface area contributed by atoms with Crippen LogP contribution in [0.4, 0.5) is 4.79 Å². The van der Waals surface area contributed by atoms with Crippen molar-refractivity contribution in [1.82, 2.24) is 15.6 Å². The van der Waals surface area contributed by atoms with Crippen molar-refractivity contribution in [3.8, 4) is 0 Å². The molecule has 6 heteroatoms. The number of urea groups is 1. The van der Waals surface area contributed by atoms with Gasteiger partial charge in [0.05, 0.1) is 23.4 Å². The average molecular weight is 299 g/mol. The van der Waals surface area contributed by atoms with Crippen molar-refractivity contribution in [3.05, 3.63) is 16.1 Å². The van der Waals surface area contributed by atoms with Crippen LogP contribution >= 0.6 is 11.3 Å². The number of amides is 2. The number of aryl methyl sites for hydroxylation is 1. The number of aliphatic hydroxyl groups excluding tert-OH is 1. The first-order chi connectivity index (χ1) is 9.32. The van der Waals surface area contributed by atoms with Crippen molar-refractivity contribution in [2.24, 2.45) is 5.41 Å². The third-order valence-electron chi connectivity index (χ3n) is 2.91. The van der Waals surface area contributed by atoms with E-state index in [-0.39, 0.29) is 17.6 Å². The van der Waals surface area contributed by atoms with Gasteiger partial charge in [-0.15, -0.1) is 11.3 Å². The predicted molar refractivity (Wildman–Crippen MR) is 81.8 cm³/mol. The van der Waals surface area contributed by atoms with E-state index in [1.54, 1.807) is 18.3 Å². The molecule has 0 aromatic carbocycles. The van der Waals surface area contributed by atoms with Gasteiger partial charge in [0, 0.05) is 11.9 Å². The first kappa shape index (κ1) is 16.9. The number of hydrogen-bond donors (Lipinski definition) is 3. The molecule has 3 N–H and O–H groups in total. The van der Waals surface area contributed by atoms with Crippen LogP contribution in [-0.2, 0) is 13.0 Å². The first-order valence-electron chi connectivity index (χ1n) is 6.95. The number of rotatable bonds is 7. The van der Waals surface area contributed by atoms with Gasteiger partial charge >= 0.3 is 6.03 Å². The summed E-state index contributed by atoms with van der Waals surface area (Å²) in [5.41, 5.74) is 0.770. The number of aromatic nitrogens is 1. The summed E-state index contributed by atoms with van der Waals surface area (Å²) < 4.78 is 0. The van der Waals surface area contributed by atoms with Crippen LogP contribution in [0.2, 0.25) is 0 Å². The lowest BCUT2D eigenvalue weighted by atomic mass is 9.87. The van der Waals surface area contributed by atoms with Gasteiger partial charge in [-0.1, -0.05) is 20.8 Å². The molecule has 1 rings (SSSR count). The third-order valence-corrected chi connectivity index (χ3v) is 3.95. The van der Waals surface area contributed by atoms with Crippen LogP contribution in [0.25, 0.3) is 0 Å². The molecule has 1 aromatic rings. The minimum absolute atomic E-state index is 0.123. The number of carbonyl (C=O) groups excluding carboxylic acids is 1. The highest BCUT2D eigenvalue weighted by Gasteiger charge is 2.20. The molecule has 0 aliphatic carbocycles. The summed E-state index contributed by atoms with van der Waals surface area (Å²) in [6, 6.07) is -0.199. The fourth-order valence-electron chi connectivity index (χ4n) is 2.02. The van der Waals surface area contributed by atoms with Crippen molar-refractivity contribution in [2.45, 2.75) is 53.2 Å². The Labute approximate surface area is 124 Å². The monoisotopic (exact) mass is 299 g/mol. The molecule has 2 amide bonds. The molecule has 0 bridgehead atoms. The third kappa shape index (κ3) is 6.34. The maximum absolute atomic E-state index is 11.7. The van der Waals surface area contributed by atoms with E-state index in [1.807, 2.05) is 19.2 Å². The summed E-state index contributed by atoms with van der Waals surface area (Å²) in [6.07, 6.45) is 1.21. The Balaban J connectivity index is 2.30. The van der Waals surface area contributed by atoms with Crippen LogP contribution in [0.1, 0.15) is 44.8 Å². The second-order valence-corrected chi connectivity index (χ2v) is 6.78. The van der Waals surface area contributed by atoms with Gasteiger partial charge in [-0.2, -0.15) is 0 Å². The van der Waals surface area contributed by atoms with Crippen molar-refractivity contribution in [3.63, 3.8) is 0 Å². The Bertz CT molecular complexity index is 430. The van der Waals surface area contributed by atoms with E-state index in [4.69, 9.17) is 0 Å². The zero-order valence-corrected chi connectivity index (χ0v) is 13.5. The molecule has 1 atom stereocenters. The number of thiazole rings is 1. The molecular formula is C14H25N3O2S. The van der Waals surface area contributed by atoms with E-state index in [0.29, 0.717) is 19.5 Å². The fraction of sp³-hybridized carbons (Fsp3) is 0.714. The summed E-state index contributed by atoms with van der Waals surface area (Å²) in [5.74, 6) is 0. The van der Waals surface area contributed by atoms with Crippen LogP contribution in [0.15, 0.2) is 5.38 Å². The van der Waals surface area contributed by atoms with Gasteiger partial charge < -0.3 is 15.7 Å². The van der Waals surface area contributed by atoms with Crippen LogP contribution in [0.3, 0.4) is 0 Å². The van der Waals surface area contributed by atoms with Crippen molar-refractivity contribution in [2.75, 3.05) is 6.54 Å². The van der Waals surface area contributed by atoms with Crippen molar-refractivity contribution >= 4 is 17.4 Å². The lowest BCUT2D eigenvalue weighted by molar-refractivity contribution is 0.129. The van der Waals surface area contributed by atoms with Gasteiger partial charge in [0.1, 0.15) is 0 Å². The molecule has 1 heterocycles. The Morgan fingerprint density at radius 2 is 2.20 bits per heavy atom. The molecule has 0 saturated carbocycles. The van der Waals surface area contributed by atoms with Crippen LogP contribution in [0.5, 0.6) is 0 Å². The Kier molecular flexibility index (Phi) is 6.42. The molecule has 5 nitrogen and oxygen atoms in total. The highest BCUT2D eigenvalue weighted by molar-refractivity contribution is 7.09. The summed E-state index contributed by atoms with van der Waals surface area (Å²) in [7, 11) is 0. The largest absolute Gasteiger partial charge is 0.393 e. The van der Waals surface area contributed by atoms with Crippen LogP contribution < -0.4 is 10.6 Å². The summed E-state index contributed by atoms with van der Waals surface area (Å²) in [5, 5.41) is 18.1. The van der Waals surface area contributed by atoms with Gasteiger partial charge in [0.15, 0.2) is 0 Å². The normalized spacial score (nSPS) is 13.1. The summed E-state index contributed by atoms with van der Waals surface area (Å²) in [4.78, 5) is 16.1. The quantitative estimate of drug-likeness (QED) is 0.723. The molecule has 0 saturated heterocycles. The van der Waals surface area contributed by atoms with Gasteiger partial charge in [0.2, 0.25) is 0 Å². The maximum Gasteiger partial charge on any atom is 0.315 e. The number of hydrogen-bond acceptors (Lipinski definition) is 4. The van der Waals surface area contributed by atoms with E-state index >= 15 is 0 Å². The lowest BCUT2D eigenvalue weighted by Crippen LogP contribution is -2.41. The topological polar surface area (TPSA) is 74.2 Å². The van der Waals surface area contributed by atoms with Crippen molar-refractivity contribution in [1.29, 1.82) is 0 Å². The van der Waals surface area contributed by atoms with Gasteiger partial charge in [0.25, 0.3) is 0 Å². The minimum Gasteiger partial charge on any atom is -0.393 e. The SMILES string of the molecule is CCc1nc(CNC(=O)NCC(C)(C)CC(C)O)cs1. The van der Waals surface area contributed by atoms with Gasteiger partial charge in [-0.05, 0) is 25.2 Å². The van der Waals surface area contributed by atoms with Gasteiger partial charge in [-0.3, -0.25) is 0 Å². The standard InChI is InChI=1S/C14H25N3O2S/c1-5-12-17-11(8-20-12)7-15-13(19)16-9-14(3,4)6-10(2)18/h8,10,18H,5-7,9H2,1-4H3,(H2,15,16,19). The van der Waals surface area contributed by atoms with E-state index < -0.39 is 0 Å². The molecule has 0 aliphatic heterocycles.